The maximum Gasteiger partial charge on any atom is 0.251 e. The van der Waals surface area contributed by atoms with Crippen LogP contribution >= 0.6 is 0 Å². The average molecular weight is 300 g/mol. The average Bonchev–Trinajstić information content (AvgIpc) is 2.34. The summed E-state index contributed by atoms with van der Waals surface area (Å²) in [6.07, 6.45) is 0.677. The zero-order valence-electron chi connectivity index (χ0n) is 11.8. The maximum absolute atomic E-state index is 12.1. The highest BCUT2D eigenvalue weighted by atomic mass is 32.2. The van der Waals surface area contributed by atoms with E-state index in [9.17, 15) is 13.2 Å². The number of carbonyl (C=O) groups is 1. The van der Waals surface area contributed by atoms with Crippen molar-refractivity contribution in [1.82, 2.24) is 5.32 Å². The molecule has 6 nitrogen and oxygen atoms in total. The molecule has 0 bridgehead atoms. The van der Waals surface area contributed by atoms with E-state index in [0.717, 1.165) is 0 Å². The minimum Gasteiger partial charge on any atom is -0.385 e. The van der Waals surface area contributed by atoms with Gasteiger partial charge in [0.2, 0.25) is 10.0 Å². The van der Waals surface area contributed by atoms with E-state index in [1.807, 2.05) is 6.92 Å². The number of rotatable bonds is 6. The molecular formula is C13H20N2O4S. The number of primary sulfonamides is 1. The molecule has 1 rings (SSSR count). The van der Waals surface area contributed by atoms with Gasteiger partial charge in [0.15, 0.2) is 0 Å². The summed E-state index contributed by atoms with van der Waals surface area (Å²) in [4.78, 5) is 12.0. The van der Waals surface area contributed by atoms with Crippen LogP contribution in [0.15, 0.2) is 23.1 Å². The van der Waals surface area contributed by atoms with Gasteiger partial charge < -0.3 is 10.1 Å². The second-order valence-corrected chi connectivity index (χ2v) is 6.30. The number of hydrogen-bond acceptors (Lipinski definition) is 4. The van der Waals surface area contributed by atoms with Crippen molar-refractivity contribution in [2.75, 3.05) is 13.7 Å². The van der Waals surface area contributed by atoms with Crippen molar-refractivity contribution in [3.05, 3.63) is 29.3 Å². The number of ether oxygens (including phenoxy) is 1. The van der Waals surface area contributed by atoms with Gasteiger partial charge >= 0.3 is 0 Å². The molecule has 0 aliphatic carbocycles. The minimum atomic E-state index is -3.82. The number of nitrogens with two attached hydrogens (primary N) is 1. The van der Waals surface area contributed by atoms with Crippen LogP contribution < -0.4 is 10.5 Å². The number of hydrogen-bond donors (Lipinski definition) is 2. The topological polar surface area (TPSA) is 98.5 Å². The van der Waals surface area contributed by atoms with Crippen molar-refractivity contribution in [2.24, 2.45) is 5.14 Å². The Labute approximate surface area is 119 Å². The number of amides is 1. The fourth-order valence-corrected chi connectivity index (χ4v) is 2.36. The van der Waals surface area contributed by atoms with Gasteiger partial charge in [0.1, 0.15) is 0 Å². The predicted molar refractivity (Wildman–Crippen MR) is 76.0 cm³/mol. The Morgan fingerprint density at radius 2 is 2.05 bits per heavy atom. The van der Waals surface area contributed by atoms with Gasteiger partial charge in [0, 0.05) is 25.3 Å². The number of nitrogens with one attached hydrogen (secondary N) is 1. The van der Waals surface area contributed by atoms with Crippen LogP contribution in [0.5, 0.6) is 0 Å². The molecule has 0 aromatic heterocycles. The second kappa shape index (κ2) is 6.83. The van der Waals surface area contributed by atoms with Crippen molar-refractivity contribution >= 4 is 15.9 Å². The van der Waals surface area contributed by atoms with Crippen LogP contribution in [0.4, 0.5) is 0 Å². The molecule has 1 aromatic rings. The van der Waals surface area contributed by atoms with E-state index in [2.05, 4.69) is 5.32 Å². The zero-order chi connectivity index (χ0) is 15.3. The van der Waals surface area contributed by atoms with Gasteiger partial charge in [0.25, 0.3) is 5.91 Å². The summed E-state index contributed by atoms with van der Waals surface area (Å²) in [6.45, 7) is 4.10. The molecule has 1 aromatic carbocycles. The third kappa shape index (κ3) is 4.92. The highest BCUT2D eigenvalue weighted by molar-refractivity contribution is 7.89. The van der Waals surface area contributed by atoms with Crippen molar-refractivity contribution in [3.63, 3.8) is 0 Å². The monoisotopic (exact) mass is 300 g/mol. The van der Waals surface area contributed by atoms with E-state index in [-0.39, 0.29) is 22.4 Å². The number of benzene rings is 1. The number of sulfonamides is 1. The van der Waals surface area contributed by atoms with Crippen molar-refractivity contribution in [1.29, 1.82) is 0 Å². The van der Waals surface area contributed by atoms with Crippen LogP contribution in [0.1, 0.15) is 29.3 Å². The fraction of sp³-hybridized carbons (Fsp3) is 0.462. The summed E-state index contributed by atoms with van der Waals surface area (Å²) < 4.78 is 27.6. The lowest BCUT2D eigenvalue weighted by molar-refractivity contribution is 0.0929. The smallest absolute Gasteiger partial charge is 0.251 e. The van der Waals surface area contributed by atoms with Crippen LogP contribution in [0.3, 0.4) is 0 Å². The molecule has 3 N–H and O–H groups in total. The summed E-state index contributed by atoms with van der Waals surface area (Å²) in [5.41, 5.74) is 0.935. The van der Waals surface area contributed by atoms with Gasteiger partial charge in [-0.25, -0.2) is 13.6 Å². The van der Waals surface area contributed by atoms with Crippen molar-refractivity contribution < 1.29 is 17.9 Å². The lowest BCUT2D eigenvalue weighted by atomic mass is 10.1. The normalized spacial score (nSPS) is 13.0. The first-order valence-corrected chi connectivity index (χ1v) is 7.73. The summed E-state index contributed by atoms with van der Waals surface area (Å²) >= 11 is 0. The first-order chi connectivity index (χ1) is 9.24. The van der Waals surface area contributed by atoms with Crippen LogP contribution in [0.2, 0.25) is 0 Å². The van der Waals surface area contributed by atoms with E-state index in [4.69, 9.17) is 9.88 Å². The Balaban J connectivity index is 2.91. The van der Waals surface area contributed by atoms with Crippen LogP contribution in [0, 0.1) is 6.92 Å². The third-order valence-electron chi connectivity index (χ3n) is 2.77. The highest BCUT2D eigenvalue weighted by Crippen LogP contribution is 2.14. The Kier molecular flexibility index (Phi) is 5.67. The molecule has 0 saturated carbocycles. The maximum atomic E-state index is 12.1. The van der Waals surface area contributed by atoms with Crippen molar-refractivity contribution in [3.8, 4) is 0 Å². The summed E-state index contributed by atoms with van der Waals surface area (Å²) in [7, 11) is -2.23. The minimum absolute atomic E-state index is 0.0628. The van der Waals surface area contributed by atoms with Gasteiger partial charge in [-0.05, 0) is 44.0 Å². The molecule has 0 saturated heterocycles. The molecule has 0 aliphatic rings. The summed E-state index contributed by atoms with van der Waals surface area (Å²) in [5.74, 6) is -0.331. The molecule has 1 atom stereocenters. The first-order valence-electron chi connectivity index (χ1n) is 6.18. The molecule has 20 heavy (non-hydrogen) atoms. The van der Waals surface area contributed by atoms with Crippen LogP contribution in [-0.2, 0) is 14.8 Å². The summed E-state index contributed by atoms with van der Waals surface area (Å²) in [6, 6.07) is 4.26. The molecule has 1 unspecified atom stereocenters. The Bertz CT molecular complexity index is 584. The van der Waals surface area contributed by atoms with Crippen molar-refractivity contribution in [2.45, 2.75) is 31.2 Å². The van der Waals surface area contributed by atoms with Gasteiger partial charge in [-0.3, -0.25) is 4.79 Å². The third-order valence-corrected chi connectivity index (χ3v) is 3.67. The van der Waals surface area contributed by atoms with E-state index < -0.39 is 10.0 Å². The number of carbonyl (C=O) groups excluding carboxylic acids is 1. The fourth-order valence-electron chi connectivity index (χ4n) is 1.72. The van der Waals surface area contributed by atoms with Crippen LogP contribution in [-0.4, -0.2) is 34.1 Å². The van der Waals surface area contributed by atoms with Gasteiger partial charge in [-0.15, -0.1) is 0 Å². The standard InChI is InChI=1S/C13H20N2O4S/c1-9-6-11(8-12(7-9)20(14,17)18)13(16)15-10(2)4-5-19-3/h6-8,10H,4-5H2,1-3H3,(H,15,16)(H2,14,17,18). The zero-order valence-corrected chi connectivity index (χ0v) is 12.7. The molecule has 0 aliphatic heterocycles. The highest BCUT2D eigenvalue weighted by Gasteiger charge is 2.15. The van der Waals surface area contributed by atoms with E-state index in [1.165, 1.54) is 12.1 Å². The molecular weight excluding hydrogens is 280 g/mol. The molecule has 7 heteroatoms. The quantitative estimate of drug-likeness (QED) is 0.811. The van der Waals surface area contributed by atoms with E-state index in [1.54, 1.807) is 20.1 Å². The number of aryl methyl sites for hydroxylation is 1. The second-order valence-electron chi connectivity index (χ2n) is 4.74. The van der Waals surface area contributed by atoms with Gasteiger partial charge in [-0.1, -0.05) is 0 Å². The van der Waals surface area contributed by atoms with E-state index >= 15 is 0 Å². The SMILES string of the molecule is COCCC(C)NC(=O)c1cc(C)cc(S(N)(=O)=O)c1. The molecule has 0 radical (unpaired) electrons. The number of methoxy groups -OCH3 is 1. The van der Waals surface area contributed by atoms with E-state index in [0.29, 0.717) is 18.6 Å². The molecule has 0 heterocycles. The largest absolute Gasteiger partial charge is 0.385 e. The predicted octanol–water partition coefficient (Wildman–Crippen LogP) is 0.797. The Morgan fingerprint density at radius 3 is 2.60 bits per heavy atom. The Morgan fingerprint density at radius 1 is 1.40 bits per heavy atom. The molecule has 0 fully saturated rings. The van der Waals surface area contributed by atoms with Crippen LogP contribution in [0.25, 0.3) is 0 Å². The summed E-state index contributed by atoms with van der Waals surface area (Å²) in [5, 5.41) is 7.87. The Hall–Kier alpha value is -1.44. The lowest BCUT2D eigenvalue weighted by Crippen LogP contribution is -2.33. The molecule has 112 valence electrons. The molecule has 0 spiro atoms. The van der Waals surface area contributed by atoms with Gasteiger partial charge in [0.05, 0.1) is 4.90 Å². The lowest BCUT2D eigenvalue weighted by Gasteiger charge is -2.14. The molecule has 1 amide bonds. The van der Waals surface area contributed by atoms with Gasteiger partial charge in [-0.2, -0.15) is 0 Å². The first kappa shape index (κ1) is 16.6.